The first-order chi connectivity index (χ1) is 14.0. The maximum Gasteiger partial charge on any atom is 0.142 e. The smallest absolute Gasteiger partial charge is 0.142 e. The van der Waals surface area contributed by atoms with E-state index in [0.717, 1.165) is 48.3 Å². The molecule has 4 aliphatic rings. The number of carbonyl (C=O) groups is 1. The van der Waals surface area contributed by atoms with Crippen molar-refractivity contribution >= 4 is 5.78 Å². The van der Waals surface area contributed by atoms with Crippen molar-refractivity contribution in [2.24, 2.45) is 51.8 Å². The first-order valence-electron chi connectivity index (χ1n) is 13.3. The molecule has 0 bridgehead atoms. The molecule has 0 amide bonds. The van der Waals surface area contributed by atoms with Crippen LogP contribution in [0.5, 0.6) is 0 Å². The fourth-order valence-corrected chi connectivity index (χ4v) is 9.24. The van der Waals surface area contributed by atoms with Crippen molar-refractivity contribution < 1.29 is 4.79 Å². The average Bonchev–Trinajstić information content (AvgIpc) is 3.02. The molecule has 0 heterocycles. The quantitative estimate of drug-likeness (QED) is 0.415. The molecule has 1 nitrogen and oxygen atoms in total. The molecule has 0 spiro atoms. The van der Waals surface area contributed by atoms with Gasteiger partial charge in [0.25, 0.3) is 0 Å². The highest BCUT2D eigenvalue weighted by atomic mass is 16.1. The van der Waals surface area contributed by atoms with Gasteiger partial charge in [-0.2, -0.15) is 0 Å². The van der Waals surface area contributed by atoms with Crippen molar-refractivity contribution in [1.82, 2.24) is 0 Å². The Hall–Kier alpha value is -0.590. The Morgan fingerprint density at radius 2 is 1.70 bits per heavy atom. The van der Waals surface area contributed by atoms with Crippen molar-refractivity contribution in [3.05, 3.63) is 11.6 Å². The molecule has 0 saturated heterocycles. The van der Waals surface area contributed by atoms with E-state index >= 15 is 0 Å². The van der Waals surface area contributed by atoms with Gasteiger partial charge in [0.05, 0.1) is 0 Å². The lowest BCUT2D eigenvalue weighted by molar-refractivity contribution is -0.132. The van der Waals surface area contributed by atoms with Crippen molar-refractivity contribution in [3.63, 3.8) is 0 Å². The summed E-state index contributed by atoms with van der Waals surface area (Å²) in [6, 6.07) is 0. The van der Waals surface area contributed by atoms with Gasteiger partial charge in [-0.3, -0.25) is 4.79 Å². The second kappa shape index (κ2) is 7.77. The normalized spacial score (nSPS) is 43.6. The Bertz CT molecular complexity index is 699. The van der Waals surface area contributed by atoms with Crippen LogP contribution in [0.3, 0.4) is 0 Å². The van der Waals surface area contributed by atoms with Crippen LogP contribution in [0.4, 0.5) is 0 Å². The predicted molar refractivity (Wildman–Crippen MR) is 127 cm³/mol. The van der Waals surface area contributed by atoms with E-state index in [-0.39, 0.29) is 10.8 Å². The van der Waals surface area contributed by atoms with Crippen LogP contribution in [0.25, 0.3) is 0 Å². The van der Waals surface area contributed by atoms with Gasteiger partial charge in [-0.1, -0.05) is 65.5 Å². The van der Waals surface area contributed by atoms with E-state index in [2.05, 4.69) is 54.5 Å². The Balaban J connectivity index is 1.54. The van der Waals surface area contributed by atoms with Gasteiger partial charge in [-0.15, -0.1) is 0 Å². The van der Waals surface area contributed by atoms with E-state index < -0.39 is 0 Å². The zero-order valence-electron chi connectivity index (χ0n) is 21.0. The SMILES string of the molecule is CC(C)CCC[C@H](C)[C@@H]1CC[C@@H]2[C@H]3CC=C4C(C)(C)C(=O)CC[C@]4(C)[C@@H]3CC[C@@]21C. The molecule has 7 atom stereocenters. The number of hydrogen-bond acceptors (Lipinski definition) is 1. The molecular formula is C29H48O. The maximum atomic E-state index is 12.7. The molecule has 3 saturated carbocycles. The van der Waals surface area contributed by atoms with Crippen molar-refractivity contribution in [2.75, 3.05) is 0 Å². The minimum absolute atomic E-state index is 0.234. The van der Waals surface area contributed by atoms with Gasteiger partial charge >= 0.3 is 0 Å². The Kier molecular flexibility index (Phi) is 5.85. The highest BCUT2D eigenvalue weighted by molar-refractivity contribution is 5.89. The third-order valence-corrected chi connectivity index (χ3v) is 10.9. The molecule has 0 aromatic heterocycles. The number of carbonyl (C=O) groups excluding carboxylic acids is 1. The lowest BCUT2D eigenvalue weighted by atomic mass is 9.44. The number of hydrogen-bond donors (Lipinski definition) is 0. The summed E-state index contributed by atoms with van der Waals surface area (Å²) >= 11 is 0. The number of rotatable bonds is 5. The largest absolute Gasteiger partial charge is 0.299 e. The van der Waals surface area contributed by atoms with Crippen molar-refractivity contribution in [1.29, 1.82) is 0 Å². The van der Waals surface area contributed by atoms with E-state index in [4.69, 9.17) is 0 Å². The van der Waals surface area contributed by atoms with Gasteiger partial charge in [0.2, 0.25) is 0 Å². The zero-order valence-corrected chi connectivity index (χ0v) is 21.0. The molecule has 3 fully saturated rings. The number of fused-ring (bicyclic) bond motifs is 5. The van der Waals surface area contributed by atoms with Crippen LogP contribution in [0.1, 0.15) is 113 Å². The molecule has 0 N–H and O–H groups in total. The van der Waals surface area contributed by atoms with Gasteiger partial charge < -0.3 is 0 Å². The molecule has 170 valence electrons. The second-order valence-electron chi connectivity index (χ2n) is 13.2. The van der Waals surface area contributed by atoms with Gasteiger partial charge in [-0.05, 0) is 98.7 Å². The highest BCUT2D eigenvalue weighted by Gasteiger charge is 2.61. The minimum atomic E-state index is -0.234. The summed E-state index contributed by atoms with van der Waals surface area (Å²) in [6.07, 6.45) is 15.7. The topological polar surface area (TPSA) is 17.1 Å². The monoisotopic (exact) mass is 412 g/mol. The van der Waals surface area contributed by atoms with Crippen molar-refractivity contribution in [2.45, 2.75) is 113 Å². The van der Waals surface area contributed by atoms with Crippen molar-refractivity contribution in [3.8, 4) is 0 Å². The molecule has 0 radical (unpaired) electrons. The summed E-state index contributed by atoms with van der Waals surface area (Å²) in [5, 5.41) is 0. The first-order valence-corrected chi connectivity index (χ1v) is 13.3. The zero-order chi connectivity index (χ0) is 21.9. The molecule has 0 aliphatic heterocycles. The van der Waals surface area contributed by atoms with Gasteiger partial charge in [0, 0.05) is 11.8 Å². The van der Waals surface area contributed by atoms with Gasteiger partial charge in [0.15, 0.2) is 0 Å². The molecule has 0 unspecified atom stereocenters. The van der Waals surface area contributed by atoms with Gasteiger partial charge in [-0.25, -0.2) is 0 Å². The molecule has 4 rings (SSSR count). The molecule has 0 aromatic carbocycles. The number of Topliss-reactive ketones (excluding diaryl/α,β-unsaturated/α-hetero) is 1. The van der Waals surface area contributed by atoms with E-state index in [1.54, 1.807) is 0 Å². The summed E-state index contributed by atoms with van der Waals surface area (Å²) < 4.78 is 0. The predicted octanol–water partition coefficient (Wildman–Crippen LogP) is 8.23. The molecule has 0 aromatic rings. The standard InChI is InChI=1S/C29H48O/c1-19(2)9-8-10-20(3)22-12-13-23-21-11-14-25-27(4,5)26(30)16-18-29(25,7)24(21)15-17-28(22,23)6/h14,19-24H,8-13,15-18H2,1-7H3/t20-,21+,22-,23+,24+,28+,29+/m0/s1. The summed E-state index contributed by atoms with van der Waals surface area (Å²) in [6.45, 7) is 16.9. The Morgan fingerprint density at radius 3 is 2.40 bits per heavy atom. The van der Waals surface area contributed by atoms with Crippen LogP contribution in [-0.2, 0) is 4.79 Å². The first kappa shape index (κ1) is 22.6. The molecule has 30 heavy (non-hydrogen) atoms. The van der Waals surface area contributed by atoms with Crippen LogP contribution >= 0.6 is 0 Å². The Morgan fingerprint density at radius 1 is 0.967 bits per heavy atom. The third kappa shape index (κ3) is 3.36. The highest BCUT2D eigenvalue weighted by Crippen LogP contribution is 2.68. The molecule has 4 aliphatic carbocycles. The summed E-state index contributed by atoms with van der Waals surface area (Å²) in [7, 11) is 0. The third-order valence-electron chi connectivity index (χ3n) is 10.9. The molecule has 1 heteroatoms. The summed E-state index contributed by atoms with van der Waals surface area (Å²) in [4.78, 5) is 12.7. The maximum absolute atomic E-state index is 12.7. The average molecular weight is 413 g/mol. The van der Waals surface area contributed by atoms with Crippen LogP contribution in [-0.4, -0.2) is 5.78 Å². The van der Waals surface area contributed by atoms with E-state index in [1.165, 1.54) is 56.9 Å². The number of ketones is 1. The van der Waals surface area contributed by atoms with E-state index in [1.807, 2.05) is 0 Å². The van der Waals surface area contributed by atoms with E-state index in [9.17, 15) is 4.79 Å². The fraction of sp³-hybridized carbons (Fsp3) is 0.897. The lowest BCUT2D eigenvalue weighted by Gasteiger charge is -2.60. The molecular weight excluding hydrogens is 364 g/mol. The van der Waals surface area contributed by atoms with Crippen LogP contribution < -0.4 is 0 Å². The second-order valence-corrected chi connectivity index (χ2v) is 13.2. The fourth-order valence-electron chi connectivity index (χ4n) is 9.24. The van der Waals surface area contributed by atoms with E-state index in [0.29, 0.717) is 11.2 Å². The van der Waals surface area contributed by atoms with Gasteiger partial charge in [0.1, 0.15) is 5.78 Å². The number of allylic oxidation sites excluding steroid dienone is 2. The Labute approximate surface area is 186 Å². The summed E-state index contributed by atoms with van der Waals surface area (Å²) in [5.74, 6) is 5.69. The van der Waals surface area contributed by atoms with Crippen LogP contribution in [0.2, 0.25) is 0 Å². The van der Waals surface area contributed by atoms with Crippen LogP contribution in [0, 0.1) is 51.8 Å². The lowest BCUT2D eigenvalue weighted by Crippen LogP contribution is -2.53. The van der Waals surface area contributed by atoms with Crippen LogP contribution in [0.15, 0.2) is 11.6 Å². The minimum Gasteiger partial charge on any atom is -0.299 e. The summed E-state index contributed by atoms with van der Waals surface area (Å²) in [5.41, 5.74) is 2.10.